The summed E-state index contributed by atoms with van der Waals surface area (Å²) in [5.74, 6) is 0. The predicted octanol–water partition coefficient (Wildman–Crippen LogP) is 0.761. The van der Waals surface area contributed by atoms with Crippen molar-refractivity contribution in [3.63, 3.8) is 0 Å². The largest absolute Gasteiger partial charge is 0.369 e. The van der Waals surface area contributed by atoms with E-state index in [2.05, 4.69) is 14.9 Å². The molecular weight excluding hydrogens is 210 g/mol. The average Bonchev–Trinajstić information content (AvgIpc) is 2.50. The van der Waals surface area contributed by atoms with E-state index in [1.54, 1.807) is 0 Å². The van der Waals surface area contributed by atoms with Crippen molar-refractivity contribution in [3.8, 4) is 0 Å². The van der Waals surface area contributed by atoms with Gasteiger partial charge in [0.15, 0.2) is 0 Å². The smallest absolute Gasteiger partial charge is 0.0976 e. The van der Waals surface area contributed by atoms with Gasteiger partial charge in [-0.3, -0.25) is 0 Å². The first kappa shape index (κ1) is 12.5. The maximum atomic E-state index is 11.8. The van der Waals surface area contributed by atoms with Gasteiger partial charge in [0.1, 0.15) is 0 Å². The number of rotatable bonds is 3. The summed E-state index contributed by atoms with van der Waals surface area (Å²) in [6.45, 7) is 8.73. The number of hydrogen-bond donors (Lipinski definition) is 2. The van der Waals surface area contributed by atoms with Gasteiger partial charge in [-0.1, -0.05) is 0 Å². The minimum atomic E-state index is -1.02. The van der Waals surface area contributed by atoms with Gasteiger partial charge in [0.2, 0.25) is 0 Å². The maximum absolute atomic E-state index is 11.8. The first-order chi connectivity index (χ1) is 6.80. The third kappa shape index (κ3) is 3.50. The Morgan fingerprint density at radius 2 is 2.20 bits per heavy atom. The van der Waals surface area contributed by atoms with Gasteiger partial charge >= 0.3 is 0 Å². The molecule has 0 saturated heterocycles. The summed E-state index contributed by atoms with van der Waals surface area (Å²) in [4.78, 5) is 2.06. The van der Waals surface area contributed by atoms with Crippen LogP contribution in [0.4, 0.5) is 0 Å². The van der Waals surface area contributed by atoms with Gasteiger partial charge < -0.3 is 10.2 Å². The van der Waals surface area contributed by atoms with Crippen molar-refractivity contribution in [2.45, 2.75) is 38.5 Å². The molecule has 0 amide bonds. The van der Waals surface area contributed by atoms with Crippen LogP contribution in [-0.2, 0) is 11.0 Å². The lowest BCUT2D eigenvalue weighted by molar-refractivity contribution is 0.472. The Balaban J connectivity index is 2.53. The minimum absolute atomic E-state index is 0.0926. The van der Waals surface area contributed by atoms with Crippen LogP contribution in [0.3, 0.4) is 0 Å². The van der Waals surface area contributed by atoms with E-state index in [1.165, 1.54) is 0 Å². The first-order valence-electron chi connectivity index (χ1n) is 5.14. The van der Waals surface area contributed by atoms with Gasteiger partial charge in [-0.05, 0) is 27.7 Å². The summed E-state index contributed by atoms with van der Waals surface area (Å²) in [5.41, 5.74) is 1.09. The molecule has 0 aliphatic carbocycles. The molecular formula is C10H21N3OS. The van der Waals surface area contributed by atoms with Crippen molar-refractivity contribution in [1.29, 1.82) is 0 Å². The van der Waals surface area contributed by atoms with Gasteiger partial charge in [-0.15, -0.1) is 0 Å². The molecule has 0 radical (unpaired) electrons. The van der Waals surface area contributed by atoms with Gasteiger partial charge in [-0.25, -0.2) is 8.93 Å². The Morgan fingerprint density at radius 1 is 1.60 bits per heavy atom. The zero-order valence-electron chi connectivity index (χ0n) is 10.1. The summed E-state index contributed by atoms with van der Waals surface area (Å²) >= 11 is 0. The highest BCUT2D eigenvalue weighted by Gasteiger charge is 2.23. The molecule has 5 heteroatoms. The monoisotopic (exact) mass is 231 g/mol. The lowest BCUT2D eigenvalue weighted by atomic mass is 10.3. The van der Waals surface area contributed by atoms with E-state index >= 15 is 0 Å². The maximum Gasteiger partial charge on any atom is 0.0976 e. The zero-order valence-corrected chi connectivity index (χ0v) is 10.9. The molecule has 15 heavy (non-hydrogen) atoms. The van der Waals surface area contributed by atoms with E-state index in [0.717, 1.165) is 12.4 Å². The molecule has 1 rings (SSSR count). The topological polar surface area (TPSA) is 44.4 Å². The standard InChI is InChI=1S/C10H21N3OS/c1-8(9-6-13(5)7-11-9)12-15(14)10(2,3)4/h6,8,11-12H,7H2,1-5H3. The molecule has 2 atom stereocenters. The third-order valence-corrected chi connectivity index (χ3v) is 3.88. The van der Waals surface area contributed by atoms with Crippen molar-refractivity contribution in [2.24, 2.45) is 0 Å². The molecule has 0 spiro atoms. The van der Waals surface area contributed by atoms with Crippen molar-refractivity contribution in [2.75, 3.05) is 13.7 Å². The van der Waals surface area contributed by atoms with Crippen molar-refractivity contribution >= 4 is 11.0 Å². The minimum Gasteiger partial charge on any atom is -0.369 e. The van der Waals surface area contributed by atoms with Crippen molar-refractivity contribution in [3.05, 3.63) is 11.9 Å². The second kappa shape index (κ2) is 4.53. The molecule has 0 saturated carbocycles. The van der Waals surface area contributed by atoms with E-state index in [9.17, 15) is 4.21 Å². The van der Waals surface area contributed by atoms with Gasteiger partial charge in [0.25, 0.3) is 0 Å². The summed E-state index contributed by atoms with van der Waals surface area (Å²) in [6.07, 6.45) is 2.04. The first-order valence-corrected chi connectivity index (χ1v) is 6.29. The van der Waals surface area contributed by atoms with Crippen LogP contribution < -0.4 is 10.0 Å². The highest BCUT2D eigenvalue weighted by Crippen LogP contribution is 2.12. The van der Waals surface area contributed by atoms with Crippen LogP contribution in [-0.4, -0.2) is 33.6 Å². The van der Waals surface area contributed by atoms with Crippen LogP contribution in [0.5, 0.6) is 0 Å². The van der Waals surface area contributed by atoms with Gasteiger partial charge in [-0.2, -0.15) is 0 Å². The molecule has 0 aromatic carbocycles. The summed E-state index contributed by atoms with van der Waals surface area (Å²) in [5, 5.41) is 3.25. The number of hydrogen-bond acceptors (Lipinski definition) is 3. The normalized spacial score (nSPS) is 20.9. The second-order valence-electron chi connectivity index (χ2n) is 4.90. The number of nitrogens with one attached hydrogen (secondary N) is 2. The van der Waals surface area contributed by atoms with E-state index in [4.69, 9.17) is 0 Å². The fourth-order valence-electron chi connectivity index (χ4n) is 1.21. The summed E-state index contributed by atoms with van der Waals surface area (Å²) < 4.78 is 14.7. The fraction of sp³-hybridized carbons (Fsp3) is 0.800. The quantitative estimate of drug-likeness (QED) is 0.754. The lowest BCUT2D eigenvalue weighted by Crippen LogP contribution is -2.41. The molecule has 2 N–H and O–H groups in total. The Morgan fingerprint density at radius 3 is 2.60 bits per heavy atom. The van der Waals surface area contributed by atoms with Crippen LogP contribution in [0.15, 0.2) is 11.9 Å². The van der Waals surface area contributed by atoms with Gasteiger partial charge in [0.05, 0.1) is 28.4 Å². The molecule has 1 aliphatic heterocycles. The molecule has 88 valence electrons. The summed E-state index contributed by atoms with van der Waals surface area (Å²) in [6, 6.07) is 0.0926. The van der Waals surface area contributed by atoms with Crippen LogP contribution in [0.1, 0.15) is 27.7 Å². The Labute approximate surface area is 94.7 Å². The fourth-order valence-corrected chi connectivity index (χ4v) is 2.01. The Bertz CT molecular complexity index is 283. The zero-order chi connectivity index (χ0) is 11.6. The molecule has 1 heterocycles. The van der Waals surface area contributed by atoms with Crippen LogP contribution in [0.25, 0.3) is 0 Å². The average molecular weight is 231 g/mol. The lowest BCUT2D eigenvalue weighted by Gasteiger charge is -2.22. The van der Waals surface area contributed by atoms with Crippen LogP contribution in [0.2, 0.25) is 0 Å². The Hall–Kier alpha value is -0.550. The molecule has 2 unspecified atom stereocenters. The van der Waals surface area contributed by atoms with E-state index in [1.807, 2.05) is 40.9 Å². The van der Waals surface area contributed by atoms with E-state index in [-0.39, 0.29) is 10.8 Å². The van der Waals surface area contributed by atoms with E-state index < -0.39 is 11.0 Å². The number of nitrogens with zero attached hydrogens (tertiary/aromatic N) is 1. The summed E-state index contributed by atoms with van der Waals surface area (Å²) in [7, 11) is 0.983. The van der Waals surface area contributed by atoms with Crippen molar-refractivity contribution in [1.82, 2.24) is 14.9 Å². The molecule has 1 aliphatic rings. The van der Waals surface area contributed by atoms with Crippen molar-refractivity contribution < 1.29 is 4.21 Å². The molecule has 0 aromatic heterocycles. The second-order valence-corrected chi connectivity index (χ2v) is 6.89. The molecule has 4 nitrogen and oxygen atoms in total. The predicted molar refractivity (Wildman–Crippen MR) is 64.3 cm³/mol. The van der Waals surface area contributed by atoms with Crippen LogP contribution in [0, 0.1) is 0 Å². The third-order valence-electron chi connectivity index (χ3n) is 2.20. The molecule has 0 bridgehead atoms. The molecule has 0 fully saturated rings. The highest BCUT2D eigenvalue weighted by atomic mass is 32.2. The van der Waals surface area contributed by atoms with Crippen LogP contribution >= 0.6 is 0 Å². The highest BCUT2D eigenvalue weighted by molar-refractivity contribution is 7.84. The van der Waals surface area contributed by atoms with Gasteiger partial charge in [0, 0.05) is 18.9 Å². The SMILES string of the molecule is CC(NS(=O)C(C)(C)C)C1=CN(C)CN1. The molecule has 0 aromatic rings. The van der Waals surface area contributed by atoms with E-state index in [0.29, 0.717) is 0 Å². The Kier molecular flexibility index (Phi) is 3.78.